The fourth-order valence-electron chi connectivity index (χ4n) is 2.79. The number of aromatic amines is 1. The third kappa shape index (κ3) is 4.13. The van der Waals surface area contributed by atoms with Crippen LogP contribution < -0.4 is 10.1 Å². The first-order valence-corrected chi connectivity index (χ1v) is 8.91. The van der Waals surface area contributed by atoms with Gasteiger partial charge in [-0.1, -0.05) is 41.9 Å². The number of carbonyl (C=O) groups excluding carboxylic acids is 1. The highest BCUT2D eigenvalue weighted by Crippen LogP contribution is 2.23. The van der Waals surface area contributed by atoms with Crippen LogP contribution >= 0.6 is 11.6 Å². The van der Waals surface area contributed by atoms with Gasteiger partial charge < -0.3 is 15.0 Å². The van der Waals surface area contributed by atoms with Crippen molar-refractivity contribution >= 4 is 34.1 Å². The van der Waals surface area contributed by atoms with Crippen LogP contribution in [0.1, 0.15) is 16.1 Å². The fraction of sp³-hybridized carbons (Fsp3) is 0.0455. The van der Waals surface area contributed by atoms with Gasteiger partial charge in [-0.05, 0) is 48.0 Å². The van der Waals surface area contributed by atoms with Gasteiger partial charge in [0.2, 0.25) is 0 Å². The van der Waals surface area contributed by atoms with Crippen molar-refractivity contribution in [2.45, 2.75) is 6.61 Å². The third-order valence-electron chi connectivity index (χ3n) is 4.19. The van der Waals surface area contributed by atoms with Crippen LogP contribution in [0, 0.1) is 0 Å². The molecule has 1 aromatic heterocycles. The zero-order chi connectivity index (χ0) is 18.6. The largest absolute Gasteiger partial charge is 0.489 e. The molecule has 0 atom stereocenters. The molecule has 27 heavy (non-hydrogen) atoms. The van der Waals surface area contributed by atoms with E-state index in [1.54, 1.807) is 24.3 Å². The van der Waals surface area contributed by atoms with E-state index in [-0.39, 0.29) is 5.91 Å². The van der Waals surface area contributed by atoms with Crippen LogP contribution in [0.2, 0.25) is 5.02 Å². The molecule has 0 radical (unpaired) electrons. The molecule has 1 amide bonds. The van der Waals surface area contributed by atoms with E-state index in [0.717, 1.165) is 22.2 Å². The Hall–Kier alpha value is -3.24. The average molecular weight is 377 g/mol. The number of carbonyl (C=O) groups is 1. The number of nitrogens with one attached hydrogen (secondary N) is 2. The Bertz CT molecular complexity index is 1070. The molecule has 4 rings (SSSR count). The number of benzene rings is 3. The Morgan fingerprint density at radius 3 is 2.52 bits per heavy atom. The molecule has 134 valence electrons. The maximum absolute atomic E-state index is 12.5. The van der Waals surface area contributed by atoms with Gasteiger partial charge in [-0.15, -0.1) is 0 Å². The summed E-state index contributed by atoms with van der Waals surface area (Å²) in [6, 6.07) is 24.5. The summed E-state index contributed by atoms with van der Waals surface area (Å²) in [5, 5.41) is 4.42. The fourth-order valence-corrected chi connectivity index (χ4v) is 2.92. The minimum absolute atomic E-state index is 0.208. The number of H-pyrrole nitrogens is 1. The topological polar surface area (TPSA) is 54.1 Å². The number of hydrogen-bond acceptors (Lipinski definition) is 2. The smallest absolute Gasteiger partial charge is 0.272 e. The summed E-state index contributed by atoms with van der Waals surface area (Å²) in [4.78, 5) is 15.6. The predicted octanol–water partition coefficient (Wildman–Crippen LogP) is 5.65. The van der Waals surface area contributed by atoms with Crippen LogP contribution in [-0.2, 0) is 6.61 Å². The van der Waals surface area contributed by atoms with E-state index >= 15 is 0 Å². The highest BCUT2D eigenvalue weighted by atomic mass is 35.5. The molecule has 0 aliphatic carbocycles. The Balaban J connectivity index is 1.48. The molecule has 0 saturated heterocycles. The lowest BCUT2D eigenvalue weighted by Gasteiger charge is -2.06. The first kappa shape index (κ1) is 17.2. The molecule has 0 unspecified atom stereocenters. The number of fused-ring (bicyclic) bond motifs is 1. The van der Waals surface area contributed by atoms with Gasteiger partial charge in [-0.25, -0.2) is 0 Å². The summed E-state index contributed by atoms with van der Waals surface area (Å²) >= 11 is 5.87. The summed E-state index contributed by atoms with van der Waals surface area (Å²) < 4.78 is 5.84. The lowest BCUT2D eigenvalue weighted by molar-refractivity contribution is 0.102. The quantitative estimate of drug-likeness (QED) is 0.472. The SMILES string of the molecule is O=C(Nc1ccc(Cl)cc1)c1cc2ccc(OCc3ccccc3)cc2[nH]1. The van der Waals surface area contributed by atoms with E-state index in [1.807, 2.05) is 54.6 Å². The molecular formula is C22H17ClN2O2. The monoisotopic (exact) mass is 376 g/mol. The standard InChI is InChI=1S/C22H17ClN2O2/c23-17-7-9-18(10-8-17)24-22(26)21-12-16-6-11-19(13-20(16)25-21)27-14-15-4-2-1-3-5-15/h1-13,25H,14H2,(H,24,26). The number of aromatic nitrogens is 1. The first-order chi connectivity index (χ1) is 13.2. The second-order valence-corrected chi connectivity index (χ2v) is 6.60. The number of anilines is 1. The van der Waals surface area contributed by atoms with Crippen LogP contribution in [0.5, 0.6) is 5.75 Å². The maximum atomic E-state index is 12.5. The lowest BCUT2D eigenvalue weighted by atomic mass is 10.2. The highest BCUT2D eigenvalue weighted by Gasteiger charge is 2.10. The minimum Gasteiger partial charge on any atom is -0.489 e. The first-order valence-electron chi connectivity index (χ1n) is 8.54. The van der Waals surface area contributed by atoms with Crippen molar-refractivity contribution in [3.8, 4) is 5.75 Å². The molecule has 0 fully saturated rings. The van der Waals surface area contributed by atoms with Crippen molar-refractivity contribution < 1.29 is 9.53 Å². The van der Waals surface area contributed by atoms with E-state index in [1.165, 1.54) is 0 Å². The van der Waals surface area contributed by atoms with E-state index in [0.29, 0.717) is 23.0 Å². The molecule has 0 bridgehead atoms. The van der Waals surface area contributed by atoms with Crippen molar-refractivity contribution in [3.05, 3.63) is 95.1 Å². The van der Waals surface area contributed by atoms with Crippen molar-refractivity contribution in [2.75, 3.05) is 5.32 Å². The molecule has 4 aromatic rings. The Labute approximate surface area is 161 Å². The minimum atomic E-state index is -0.208. The zero-order valence-corrected chi connectivity index (χ0v) is 15.2. The average Bonchev–Trinajstić information content (AvgIpc) is 3.12. The molecule has 5 heteroatoms. The molecule has 4 nitrogen and oxygen atoms in total. The van der Waals surface area contributed by atoms with E-state index in [4.69, 9.17) is 16.3 Å². The van der Waals surface area contributed by atoms with Gasteiger partial charge in [0.15, 0.2) is 0 Å². The Morgan fingerprint density at radius 1 is 0.963 bits per heavy atom. The molecule has 0 saturated carbocycles. The summed E-state index contributed by atoms with van der Waals surface area (Å²) in [7, 11) is 0. The van der Waals surface area contributed by atoms with Crippen LogP contribution in [0.4, 0.5) is 5.69 Å². The molecule has 3 aromatic carbocycles. The molecular weight excluding hydrogens is 360 g/mol. The zero-order valence-electron chi connectivity index (χ0n) is 14.4. The predicted molar refractivity (Wildman–Crippen MR) is 108 cm³/mol. The summed E-state index contributed by atoms with van der Waals surface area (Å²) in [6.07, 6.45) is 0. The van der Waals surface area contributed by atoms with Crippen LogP contribution in [-0.4, -0.2) is 10.9 Å². The number of hydrogen-bond donors (Lipinski definition) is 2. The van der Waals surface area contributed by atoms with Gasteiger partial charge in [-0.3, -0.25) is 4.79 Å². The number of halogens is 1. The summed E-state index contributed by atoms with van der Waals surface area (Å²) in [5.41, 5.74) is 3.13. The van der Waals surface area contributed by atoms with Gasteiger partial charge in [0, 0.05) is 27.7 Å². The molecule has 0 aliphatic rings. The Kier molecular flexibility index (Phi) is 4.81. The van der Waals surface area contributed by atoms with Crippen LogP contribution in [0.3, 0.4) is 0 Å². The number of ether oxygens (including phenoxy) is 1. The van der Waals surface area contributed by atoms with Gasteiger partial charge in [-0.2, -0.15) is 0 Å². The molecule has 0 spiro atoms. The van der Waals surface area contributed by atoms with E-state index < -0.39 is 0 Å². The number of amides is 1. The van der Waals surface area contributed by atoms with Crippen LogP contribution in [0.25, 0.3) is 10.9 Å². The van der Waals surface area contributed by atoms with Gasteiger partial charge in [0.25, 0.3) is 5.91 Å². The van der Waals surface area contributed by atoms with Crippen molar-refractivity contribution in [3.63, 3.8) is 0 Å². The molecule has 1 heterocycles. The van der Waals surface area contributed by atoms with Crippen molar-refractivity contribution in [1.29, 1.82) is 0 Å². The summed E-state index contributed by atoms with van der Waals surface area (Å²) in [5.74, 6) is 0.540. The second kappa shape index (κ2) is 7.56. The van der Waals surface area contributed by atoms with Crippen molar-refractivity contribution in [1.82, 2.24) is 4.98 Å². The molecule has 2 N–H and O–H groups in total. The third-order valence-corrected chi connectivity index (χ3v) is 4.44. The Morgan fingerprint density at radius 2 is 1.74 bits per heavy atom. The van der Waals surface area contributed by atoms with E-state index in [2.05, 4.69) is 10.3 Å². The van der Waals surface area contributed by atoms with Gasteiger partial charge in [0.1, 0.15) is 18.1 Å². The van der Waals surface area contributed by atoms with Gasteiger partial charge >= 0.3 is 0 Å². The summed E-state index contributed by atoms with van der Waals surface area (Å²) in [6.45, 7) is 0.497. The second-order valence-electron chi connectivity index (χ2n) is 6.17. The van der Waals surface area contributed by atoms with E-state index in [9.17, 15) is 4.79 Å². The van der Waals surface area contributed by atoms with Gasteiger partial charge in [0.05, 0.1) is 0 Å². The molecule has 0 aliphatic heterocycles. The highest BCUT2D eigenvalue weighted by molar-refractivity contribution is 6.30. The number of rotatable bonds is 5. The maximum Gasteiger partial charge on any atom is 0.272 e. The van der Waals surface area contributed by atoms with Crippen molar-refractivity contribution in [2.24, 2.45) is 0 Å². The van der Waals surface area contributed by atoms with Crippen LogP contribution in [0.15, 0.2) is 78.9 Å². The normalized spacial score (nSPS) is 10.7. The lowest BCUT2D eigenvalue weighted by Crippen LogP contribution is -2.11.